The Balaban J connectivity index is 0.000000540. The minimum Gasteiger partial charge on any atom is -0.478 e. The minimum absolute atomic E-state index is 0.000894. The number of hydrogen-bond acceptors (Lipinski definition) is 5. The Labute approximate surface area is 209 Å². The highest BCUT2D eigenvalue weighted by Gasteiger charge is 2.38. The van der Waals surface area contributed by atoms with E-state index in [4.69, 9.17) is 33.1 Å². The van der Waals surface area contributed by atoms with Gasteiger partial charge in [0.05, 0.1) is 31.9 Å². The Morgan fingerprint density at radius 1 is 1.03 bits per heavy atom. The third-order valence-corrected chi connectivity index (χ3v) is 7.16. The van der Waals surface area contributed by atoms with Crippen LogP contribution in [0.25, 0.3) is 0 Å². The first-order chi connectivity index (χ1) is 16.1. The summed E-state index contributed by atoms with van der Waals surface area (Å²) >= 11 is 11.8. The van der Waals surface area contributed by atoms with Crippen LogP contribution in [0.4, 0.5) is 24.5 Å². The zero-order valence-electron chi connectivity index (χ0n) is 18.1. The van der Waals surface area contributed by atoms with Crippen LogP contribution < -0.4 is 9.62 Å². The van der Waals surface area contributed by atoms with Gasteiger partial charge in [0, 0.05) is 13.1 Å². The maximum Gasteiger partial charge on any atom is 0.490 e. The smallest absolute Gasteiger partial charge is 0.478 e. The molecule has 1 fully saturated rings. The lowest BCUT2D eigenvalue weighted by molar-refractivity contribution is -0.192. The number of halogens is 5. The number of benzene rings is 2. The lowest BCUT2D eigenvalue weighted by atomic mass is 9.98. The van der Waals surface area contributed by atoms with E-state index in [-0.39, 0.29) is 26.2 Å². The molecule has 0 aromatic heterocycles. The lowest BCUT2D eigenvalue weighted by Gasteiger charge is -2.33. The molecular formula is C21H21Cl2F3N2O6S. The van der Waals surface area contributed by atoms with E-state index in [2.05, 4.69) is 16.5 Å². The van der Waals surface area contributed by atoms with Gasteiger partial charge in [-0.2, -0.15) is 13.2 Å². The number of anilines is 2. The number of rotatable bonds is 5. The summed E-state index contributed by atoms with van der Waals surface area (Å²) in [5.74, 6) is -3.29. The summed E-state index contributed by atoms with van der Waals surface area (Å²) < 4.78 is 60.0. The van der Waals surface area contributed by atoms with Gasteiger partial charge < -0.3 is 15.1 Å². The van der Waals surface area contributed by atoms with Crippen molar-refractivity contribution in [3.05, 3.63) is 52.0 Å². The van der Waals surface area contributed by atoms with Crippen molar-refractivity contribution in [2.75, 3.05) is 22.7 Å². The first-order valence-corrected chi connectivity index (χ1v) is 12.3. The van der Waals surface area contributed by atoms with E-state index < -0.39 is 28.1 Å². The molecule has 35 heavy (non-hydrogen) atoms. The van der Waals surface area contributed by atoms with Gasteiger partial charge in [-0.05, 0) is 55.2 Å². The van der Waals surface area contributed by atoms with Gasteiger partial charge in [0.1, 0.15) is 0 Å². The van der Waals surface area contributed by atoms with Gasteiger partial charge in [-0.3, -0.25) is 4.72 Å². The minimum atomic E-state index is -5.08. The molecule has 1 saturated heterocycles. The molecule has 0 aliphatic carbocycles. The number of alkyl halides is 3. The number of nitrogens with one attached hydrogen (secondary N) is 1. The Morgan fingerprint density at radius 3 is 2.09 bits per heavy atom. The first-order valence-electron chi connectivity index (χ1n) is 10.0. The summed E-state index contributed by atoms with van der Waals surface area (Å²) in [6.45, 7) is 3.73. The highest BCUT2D eigenvalue weighted by molar-refractivity contribution is 7.92. The standard InChI is InChI=1S/C19H20Cl2N2O4S.C2HF3O2/c1-12-6-8-23(9-7-12)18-5-2-13(19(24)25)10-17(18)22-28(26,27)14-3-4-15(20)16(21)11-14;3-2(4,5)1(6)7/h2-5,10-12,22H,6-9H2,1H3,(H,24,25);(H,6,7). The number of sulfonamides is 1. The summed E-state index contributed by atoms with van der Waals surface area (Å²) in [6, 6.07) is 8.47. The van der Waals surface area contributed by atoms with Crippen LogP contribution in [0.1, 0.15) is 30.1 Å². The lowest BCUT2D eigenvalue weighted by Crippen LogP contribution is -2.33. The zero-order valence-corrected chi connectivity index (χ0v) is 20.5. The Hall–Kier alpha value is -2.70. The van der Waals surface area contributed by atoms with Crippen molar-refractivity contribution < 1.29 is 41.4 Å². The fourth-order valence-electron chi connectivity index (χ4n) is 3.12. The number of carboxylic acid groups (broad SMARTS) is 2. The van der Waals surface area contributed by atoms with Gasteiger partial charge in [-0.15, -0.1) is 0 Å². The van der Waals surface area contributed by atoms with Crippen LogP contribution in [0.5, 0.6) is 0 Å². The Bertz CT molecular complexity index is 1200. The number of aliphatic carboxylic acids is 1. The summed E-state index contributed by atoms with van der Waals surface area (Å²) in [6.07, 6.45) is -3.11. The quantitative estimate of drug-likeness (QED) is 0.452. The average molecular weight is 557 g/mol. The van der Waals surface area contributed by atoms with Crippen LogP contribution in [-0.2, 0) is 14.8 Å². The molecule has 8 nitrogen and oxygen atoms in total. The van der Waals surface area contributed by atoms with Gasteiger partial charge in [-0.25, -0.2) is 18.0 Å². The Kier molecular flexibility index (Phi) is 9.26. The van der Waals surface area contributed by atoms with E-state index in [1.165, 1.54) is 30.3 Å². The largest absolute Gasteiger partial charge is 0.490 e. The van der Waals surface area contributed by atoms with E-state index in [0.29, 0.717) is 11.6 Å². The topological polar surface area (TPSA) is 124 Å². The molecule has 0 radical (unpaired) electrons. The van der Waals surface area contributed by atoms with Gasteiger partial charge in [-0.1, -0.05) is 30.1 Å². The monoisotopic (exact) mass is 556 g/mol. The maximum atomic E-state index is 12.9. The molecule has 0 amide bonds. The number of piperidine rings is 1. The molecule has 0 spiro atoms. The second-order valence-electron chi connectivity index (χ2n) is 7.69. The second-order valence-corrected chi connectivity index (χ2v) is 10.2. The van der Waals surface area contributed by atoms with E-state index in [1.54, 1.807) is 6.07 Å². The molecule has 0 bridgehead atoms. The van der Waals surface area contributed by atoms with Crippen molar-refractivity contribution in [2.24, 2.45) is 5.92 Å². The SMILES string of the molecule is CC1CCN(c2ccc(C(=O)O)cc2NS(=O)(=O)c2ccc(Cl)c(Cl)c2)CC1.O=C(O)C(F)(F)F. The third-order valence-electron chi connectivity index (χ3n) is 5.06. The fraction of sp³-hybridized carbons (Fsp3) is 0.333. The number of carbonyl (C=O) groups is 2. The fourth-order valence-corrected chi connectivity index (χ4v) is 4.58. The average Bonchev–Trinajstić information content (AvgIpc) is 2.75. The van der Waals surface area contributed by atoms with E-state index >= 15 is 0 Å². The third kappa shape index (κ3) is 7.91. The molecule has 0 atom stereocenters. The van der Waals surface area contributed by atoms with Crippen LogP contribution >= 0.6 is 23.2 Å². The van der Waals surface area contributed by atoms with Crippen molar-refractivity contribution >= 4 is 56.5 Å². The predicted octanol–water partition coefficient (Wildman–Crippen LogP) is 5.36. The van der Waals surface area contributed by atoms with Crippen molar-refractivity contribution in [3.63, 3.8) is 0 Å². The van der Waals surface area contributed by atoms with Crippen molar-refractivity contribution in [2.45, 2.75) is 30.8 Å². The number of hydrogen-bond donors (Lipinski definition) is 3. The summed E-state index contributed by atoms with van der Waals surface area (Å²) in [4.78, 5) is 22.3. The second kappa shape index (κ2) is 11.4. The molecule has 1 heterocycles. The molecule has 0 saturated carbocycles. The van der Waals surface area contributed by atoms with Gasteiger partial charge in [0.25, 0.3) is 10.0 Å². The summed E-state index contributed by atoms with van der Waals surface area (Å²) in [7, 11) is -3.98. The van der Waals surface area contributed by atoms with Gasteiger partial charge in [0.15, 0.2) is 0 Å². The molecule has 14 heteroatoms. The van der Waals surface area contributed by atoms with Crippen LogP contribution in [0.15, 0.2) is 41.3 Å². The summed E-state index contributed by atoms with van der Waals surface area (Å²) in [5.41, 5.74) is 0.877. The van der Waals surface area contributed by atoms with Crippen LogP contribution in [0.2, 0.25) is 10.0 Å². The normalized spacial score (nSPS) is 14.6. The molecule has 2 aromatic carbocycles. The molecule has 1 aliphatic rings. The molecule has 192 valence electrons. The molecule has 2 aromatic rings. The van der Waals surface area contributed by atoms with E-state index in [1.807, 2.05) is 0 Å². The van der Waals surface area contributed by atoms with Crippen LogP contribution in [-0.4, -0.2) is 49.8 Å². The van der Waals surface area contributed by atoms with Crippen molar-refractivity contribution in [1.29, 1.82) is 0 Å². The molecular weight excluding hydrogens is 536 g/mol. The highest BCUT2D eigenvalue weighted by Crippen LogP contribution is 2.33. The van der Waals surface area contributed by atoms with Gasteiger partial charge >= 0.3 is 18.1 Å². The number of aromatic carboxylic acids is 1. The van der Waals surface area contributed by atoms with Crippen molar-refractivity contribution in [3.8, 4) is 0 Å². The van der Waals surface area contributed by atoms with Crippen molar-refractivity contribution in [1.82, 2.24) is 0 Å². The van der Waals surface area contributed by atoms with E-state index in [9.17, 15) is 31.5 Å². The van der Waals surface area contributed by atoms with E-state index in [0.717, 1.165) is 25.9 Å². The highest BCUT2D eigenvalue weighted by atomic mass is 35.5. The molecule has 0 unspecified atom stereocenters. The number of carboxylic acids is 2. The predicted molar refractivity (Wildman–Crippen MR) is 125 cm³/mol. The molecule has 3 N–H and O–H groups in total. The zero-order chi connectivity index (χ0) is 26.6. The van der Waals surface area contributed by atoms with Gasteiger partial charge in [0.2, 0.25) is 0 Å². The first kappa shape index (κ1) is 28.5. The Morgan fingerprint density at radius 2 is 1.60 bits per heavy atom. The number of nitrogens with zero attached hydrogens (tertiary/aromatic N) is 1. The molecule has 1 aliphatic heterocycles. The van der Waals surface area contributed by atoms with Crippen LogP contribution in [0, 0.1) is 5.92 Å². The summed E-state index contributed by atoms with van der Waals surface area (Å²) in [5, 5.41) is 16.8. The molecule has 3 rings (SSSR count). The maximum absolute atomic E-state index is 12.9. The van der Waals surface area contributed by atoms with Crippen LogP contribution in [0.3, 0.4) is 0 Å².